The Morgan fingerprint density at radius 3 is 2.14 bits per heavy atom. The molecule has 2 aliphatic rings. The minimum Gasteiger partial charge on any atom is -0.351 e. The highest BCUT2D eigenvalue weighted by Crippen LogP contribution is 2.38. The molecule has 29 heavy (non-hydrogen) atoms. The molecule has 4 rings (SSSR count). The van der Waals surface area contributed by atoms with Crippen molar-refractivity contribution >= 4 is 24.3 Å². The largest absolute Gasteiger partial charge is 0.351 e. The average molecular weight is 412 g/mol. The summed E-state index contributed by atoms with van der Waals surface area (Å²) in [5.74, 6) is 0. The lowest BCUT2D eigenvalue weighted by molar-refractivity contribution is 0.259. The molecule has 6 heteroatoms. The number of carbonyl (C=O) groups is 1. The number of nitrogens with one attached hydrogen (secondary N) is 2. The first-order valence-corrected chi connectivity index (χ1v) is 10.3. The summed E-state index contributed by atoms with van der Waals surface area (Å²) in [5, 5.41) is 6.08. The molecule has 0 radical (unpaired) electrons. The van der Waals surface area contributed by atoms with Crippen molar-refractivity contribution in [1.29, 1.82) is 0 Å². The zero-order valence-electron chi connectivity index (χ0n) is 16.7. The Kier molecular flexibility index (Phi) is 9.47. The first-order chi connectivity index (χ1) is 14.2. The molecule has 0 heterocycles. The lowest BCUT2D eigenvalue weighted by atomic mass is 9.99. The van der Waals surface area contributed by atoms with Gasteiger partial charge in [-0.05, 0) is 66.3 Å². The summed E-state index contributed by atoms with van der Waals surface area (Å²) in [7, 11) is 0. The number of nitrogens with two attached hydrogens (primary N) is 1. The van der Waals surface area contributed by atoms with Crippen LogP contribution in [-0.4, -0.2) is 16.8 Å². The van der Waals surface area contributed by atoms with Crippen LogP contribution >= 0.6 is 0 Å². The molecule has 0 saturated carbocycles. The van der Waals surface area contributed by atoms with Crippen LogP contribution in [-0.2, 0) is 44.8 Å². The van der Waals surface area contributed by atoms with E-state index in [4.69, 9.17) is 9.94 Å². The van der Waals surface area contributed by atoms with Gasteiger partial charge in [0.05, 0.1) is 0 Å². The number of primary amides is 1. The summed E-state index contributed by atoms with van der Waals surface area (Å²) in [6.45, 7) is 5.42. The van der Waals surface area contributed by atoms with Crippen LogP contribution in [0.15, 0.2) is 49.1 Å². The van der Waals surface area contributed by atoms with Crippen molar-refractivity contribution < 1.29 is 9.00 Å². The van der Waals surface area contributed by atoms with Crippen LogP contribution in [0.4, 0.5) is 10.5 Å². The normalized spacial score (nSPS) is 13.1. The molecule has 0 unspecified atom stereocenters. The van der Waals surface area contributed by atoms with Gasteiger partial charge in [0.1, 0.15) is 0 Å². The number of amides is 2. The number of rotatable bonds is 5. The highest BCUT2D eigenvalue weighted by Gasteiger charge is 2.24. The van der Waals surface area contributed by atoms with Gasteiger partial charge < -0.3 is 16.4 Å². The molecule has 0 bridgehead atoms. The fraction of sp³-hybridized carbons (Fsp3) is 0.348. The van der Waals surface area contributed by atoms with Gasteiger partial charge in [0.15, 0.2) is 12.5 Å². The Bertz CT molecular complexity index is 792. The lowest BCUT2D eigenvalue weighted by Gasteiger charge is -2.14. The molecular weight excluding hydrogens is 382 g/mol. The highest BCUT2D eigenvalue weighted by atomic mass is 32.1. The van der Waals surface area contributed by atoms with Gasteiger partial charge in [-0.3, -0.25) is 0 Å². The fourth-order valence-corrected chi connectivity index (χ4v) is 4.00. The molecule has 0 aliphatic heterocycles. The third-order valence-electron chi connectivity index (χ3n) is 5.18. The number of hydrogen-bond donors (Lipinski definition) is 3. The topological polar surface area (TPSA) is 84.2 Å². The van der Waals surface area contributed by atoms with E-state index in [2.05, 4.69) is 47.9 Å². The number of anilines is 1. The first kappa shape index (κ1) is 22.7. The summed E-state index contributed by atoms with van der Waals surface area (Å²) >= 11 is 2.83. The number of urea groups is 1. The number of aryl methyl sites for hydroxylation is 2. The van der Waals surface area contributed by atoms with Gasteiger partial charge in [0.25, 0.3) is 0 Å². The molecule has 2 aromatic rings. The van der Waals surface area contributed by atoms with E-state index < -0.39 is 6.03 Å². The molecule has 4 N–H and O–H groups in total. The van der Waals surface area contributed by atoms with Gasteiger partial charge in [0, 0.05) is 18.8 Å². The molecule has 0 saturated heterocycles. The van der Waals surface area contributed by atoms with Gasteiger partial charge >= 0.3 is 6.03 Å². The minimum absolute atomic E-state index is 0.436. The number of hydrogen-bond acceptors (Lipinski definition) is 4. The third-order valence-corrected chi connectivity index (χ3v) is 5.18. The Hall–Kier alpha value is -2.57. The van der Waals surface area contributed by atoms with Crippen molar-refractivity contribution in [2.24, 2.45) is 5.73 Å². The summed E-state index contributed by atoms with van der Waals surface area (Å²) in [5.41, 5.74) is 13.1. The van der Waals surface area contributed by atoms with Gasteiger partial charge in [-0.1, -0.05) is 42.5 Å². The Morgan fingerprint density at radius 1 is 1.03 bits per heavy atom. The van der Waals surface area contributed by atoms with Crippen LogP contribution in [0.3, 0.4) is 0 Å². The Balaban J connectivity index is 0.000000203. The van der Waals surface area contributed by atoms with E-state index in [1.54, 1.807) is 0 Å². The van der Waals surface area contributed by atoms with Gasteiger partial charge in [-0.15, -0.1) is 6.58 Å². The smallest absolute Gasteiger partial charge is 0.316 e. The Morgan fingerprint density at radius 2 is 1.62 bits per heavy atom. The van der Waals surface area contributed by atoms with Crippen molar-refractivity contribution in [2.75, 3.05) is 11.9 Å². The fourth-order valence-electron chi connectivity index (χ4n) is 4.00. The van der Waals surface area contributed by atoms with E-state index in [1.165, 1.54) is 40.7 Å². The maximum absolute atomic E-state index is 11.1. The predicted molar refractivity (Wildman–Crippen MR) is 120 cm³/mol. The van der Waals surface area contributed by atoms with Gasteiger partial charge in [0.2, 0.25) is 0 Å². The van der Waals surface area contributed by atoms with Crippen LogP contribution in [0.1, 0.15) is 40.7 Å². The molecule has 5 nitrogen and oxygen atoms in total. The second-order valence-corrected chi connectivity index (χ2v) is 7.13. The van der Waals surface area contributed by atoms with E-state index in [-0.39, 0.29) is 0 Å². The highest BCUT2D eigenvalue weighted by molar-refractivity contribution is 7.44. The number of benzene rings is 2. The molecular formula is C23H29N3O2S. The summed E-state index contributed by atoms with van der Waals surface area (Å²) in [6, 6.07) is 12.2. The monoisotopic (exact) mass is 411 g/mol. The van der Waals surface area contributed by atoms with Crippen LogP contribution in [0.2, 0.25) is 0 Å². The zero-order chi connectivity index (χ0) is 21.1. The Labute approximate surface area is 178 Å². The van der Waals surface area contributed by atoms with Gasteiger partial charge in [-0.2, -0.15) is 4.21 Å². The number of carbonyl (C=O) groups excluding carboxylic acids is 1. The summed E-state index contributed by atoms with van der Waals surface area (Å²) < 4.78 is 7.83. The predicted octanol–water partition coefficient (Wildman–Crippen LogP) is 3.78. The van der Waals surface area contributed by atoms with E-state index in [0.29, 0.717) is 0 Å². The molecule has 0 fully saturated rings. The van der Waals surface area contributed by atoms with Crippen LogP contribution in [0.25, 0.3) is 0 Å². The van der Waals surface area contributed by atoms with E-state index in [9.17, 15) is 4.79 Å². The standard InChI is InChI=1S/C13H16N2O.C10H13N.OS/c14-13(16)15-12-10-5-1-3-8(10)7-9-4-2-6-11(9)12;1-2-8-11-9-10-6-4-3-5-7-10;1-2/h7H,1-6H2,(H3,14,15,16);2-7,11H,1,8-9H2;. The lowest BCUT2D eigenvalue weighted by Crippen LogP contribution is -2.21. The van der Waals surface area contributed by atoms with Crippen LogP contribution in [0, 0.1) is 0 Å². The van der Waals surface area contributed by atoms with E-state index in [0.717, 1.165) is 44.5 Å². The zero-order valence-corrected chi connectivity index (χ0v) is 17.5. The first-order valence-electron chi connectivity index (χ1n) is 9.94. The second-order valence-electron chi connectivity index (χ2n) is 7.13. The maximum atomic E-state index is 11.1. The molecule has 154 valence electrons. The van der Waals surface area contributed by atoms with E-state index >= 15 is 0 Å². The summed E-state index contributed by atoms with van der Waals surface area (Å²) in [4.78, 5) is 11.1. The summed E-state index contributed by atoms with van der Waals surface area (Å²) in [6.07, 6.45) is 8.73. The minimum atomic E-state index is -0.436. The van der Waals surface area contributed by atoms with Crippen molar-refractivity contribution in [1.82, 2.24) is 5.32 Å². The second kappa shape index (κ2) is 12.1. The van der Waals surface area contributed by atoms with E-state index in [1.807, 2.05) is 24.3 Å². The van der Waals surface area contributed by atoms with Crippen LogP contribution < -0.4 is 16.4 Å². The third kappa shape index (κ3) is 6.48. The quantitative estimate of drug-likeness (QED) is 0.516. The molecule has 2 aromatic carbocycles. The van der Waals surface area contributed by atoms with Crippen LogP contribution in [0.5, 0.6) is 0 Å². The average Bonchev–Trinajstić information content (AvgIpc) is 3.40. The maximum Gasteiger partial charge on any atom is 0.316 e. The van der Waals surface area contributed by atoms with Crippen molar-refractivity contribution in [3.8, 4) is 0 Å². The molecule has 2 amide bonds. The SMILES string of the molecule is C=CCNCc1ccccc1.NC(=O)Nc1c2c(cc3c1CCC3)CCC2.O=S. The van der Waals surface area contributed by atoms with Crippen molar-refractivity contribution in [3.05, 3.63) is 76.9 Å². The number of fused-ring (bicyclic) bond motifs is 2. The molecule has 2 aliphatic carbocycles. The van der Waals surface area contributed by atoms with Crippen molar-refractivity contribution in [2.45, 2.75) is 45.1 Å². The van der Waals surface area contributed by atoms with Crippen molar-refractivity contribution in [3.63, 3.8) is 0 Å². The molecule has 0 spiro atoms. The molecule has 0 aromatic heterocycles. The van der Waals surface area contributed by atoms with Gasteiger partial charge in [-0.25, -0.2) is 4.79 Å². The molecule has 0 atom stereocenters.